The van der Waals surface area contributed by atoms with Crippen LogP contribution in [-0.4, -0.2) is 0 Å². The molecule has 0 saturated heterocycles. The fraction of sp³-hybridized carbons (Fsp3) is 0.125. The van der Waals surface area contributed by atoms with Gasteiger partial charge in [-0.3, -0.25) is 0 Å². The van der Waals surface area contributed by atoms with Crippen LogP contribution < -0.4 is 11.5 Å². The van der Waals surface area contributed by atoms with Gasteiger partial charge in [0.2, 0.25) is 0 Å². The molecule has 0 spiro atoms. The topological polar surface area (TPSA) is 75.8 Å². The fourth-order valence-corrected chi connectivity index (χ4v) is 1.37. The van der Waals surface area contributed by atoms with E-state index in [1.54, 1.807) is 12.1 Å². The Balaban J connectivity index is 3.16. The number of rotatable bonds is 1. The van der Waals surface area contributed by atoms with E-state index < -0.39 is 0 Å². The van der Waals surface area contributed by atoms with Crippen molar-refractivity contribution in [2.45, 2.75) is 6.42 Å². The molecule has 0 bridgehead atoms. The summed E-state index contributed by atoms with van der Waals surface area (Å²) in [6.07, 6.45) is 0.338. The van der Waals surface area contributed by atoms with E-state index in [2.05, 4.69) is 15.9 Å². The maximum absolute atomic E-state index is 8.46. The molecule has 12 heavy (non-hydrogen) atoms. The predicted molar refractivity (Wildman–Crippen MR) is 52.3 cm³/mol. The summed E-state index contributed by atoms with van der Waals surface area (Å²) >= 11 is 3.30. The Hall–Kier alpha value is -1.21. The number of halogens is 1. The summed E-state index contributed by atoms with van der Waals surface area (Å²) in [6.45, 7) is 0. The minimum atomic E-state index is 0.338. The molecule has 0 atom stereocenters. The van der Waals surface area contributed by atoms with Gasteiger partial charge in [0.05, 0.1) is 23.9 Å². The van der Waals surface area contributed by atoms with Gasteiger partial charge < -0.3 is 11.5 Å². The van der Waals surface area contributed by atoms with E-state index in [4.69, 9.17) is 16.7 Å². The SMILES string of the molecule is N#CCc1cc(N)c(N)cc1Br. The minimum absolute atomic E-state index is 0.338. The van der Waals surface area contributed by atoms with Gasteiger partial charge in [-0.25, -0.2) is 0 Å². The zero-order valence-corrected chi connectivity index (χ0v) is 7.93. The fourth-order valence-electron chi connectivity index (χ4n) is 0.873. The Kier molecular flexibility index (Phi) is 2.56. The molecule has 3 nitrogen and oxygen atoms in total. The molecule has 0 aliphatic carbocycles. The quantitative estimate of drug-likeness (QED) is 0.715. The molecule has 1 aromatic carbocycles. The van der Waals surface area contributed by atoms with Crippen LogP contribution in [0.5, 0.6) is 0 Å². The third-order valence-corrected chi connectivity index (χ3v) is 2.26. The Labute approximate surface area is 79.1 Å². The summed E-state index contributed by atoms with van der Waals surface area (Å²) in [5, 5.41) is 8.46. The number of hydrogen-bond donors (Lipinski definition) is 2. The lowest BCUT2D eigenvalue weighted by atomic mass is 10.1. The third kappa shape index (κ3) is 1.69. The van der Waals surface area contributed by atoms with E-state index in [0.29, 0.717) is 17.8 Å². The van der Waals surface area contributed by atoms with E-state index in [-0.39, 0.29) is 0 Å². The lowest BCUT2D eigenvalue weighted by Crippen LogP contribution is -1.96. The van der Waals surface area contributed by atoms with E-state index in [0.717, 1.165) is 10.0 Å². The minimum Gasteiger partial charge on any atom is -0.397 e. The van der Waals surface area contributed by atoms with Gasteiger partial charge in [-0.15, -0.1) is 0 Å². The molecule has 0 amide bonds. The molecule has 1 aromatic rings. The average Bonchev–Trinajstić information content (AvgIpc) is 2.01. The molecule has 4 N–H and O–H groups in total. The molecule has 62 valence electrons. The zero-order valence-electron chi connectivity index (χ0n) is 6.34. The standard InChI is InChI=1S/C8H8BrN3/c9-6-4-8(12)7(11)3-5(6)1-2-10/h3-4H,1,11-12H2. The second-order valence-electron chi connectivity index (χ2n) is 2.41. The molecule has 0 aliphatic rings. The first-order valence-corrected chi connectivity index (χ1v) is 4.14. The van der Waals surface area contributed by atoms with Crippen molar-refractivity contribution in [1.29, 1.82) is 5.26 Å². The zero-order chi connectivity index (χ0) is 9.14. The highest BCUT2D eigenvalue weighted by atomic mass is 79.9. The molecule has 4 heteroatoms. The van der Waals surface area contributed by atoms with Crippen LogP contribution in [0.1, 0.15) is 5.56 Å². The molecular formula is C8H8BrN3. The van der Waals surface area contributed by atoms with Crippen molar-refractivity contribution in [3.63, 3.8) is 0 Å². The van der Waals surface area contributed by atoms with Crippen LogP contribution in [-0.2, 0) is 6.42 Å². The van der Waals surface area contributed by atoms with Crippen molar-refractivity contribution < 1.29 is 0 Å². The molecular weight excluding hydrogens is 218 g/mol. The number of nitrogen functional groups attached to an aromatic ring is 2. The monoisotopic (exact) mass is 225 g/mol. The van der Waals surface area contributed by atoms with Crippen LogP contribution in [0.15, 0.2) is 16.6 Å². The molecule has 0 unspecified atom stereocenters. The lowest BCUT2D eigenvalue weighted by molar-refractivity contribution is 1.25. The summed E-state index contributed by atoms with van der Waals surface area (Å²) in [7, 11) is 0. The van der Waals surface area contributed by atoms with Gasteiger partial charge in [0.25, 0.3) is 0 Å². The molecule has 0 heterocycles. The smallest absolute Gasteiger partial charge is 0.0670 e. The maximum atomic E-state index is 8.46. The lowest BCUT2D eigenvalue weighted by Gasteiger charge is -2.04. The van der Waals surface area contributed by atoms with E-state index >= 15 is 0 Å². The van der Waals surface area contributed by atoms with Gasteiger partial charge in [0.1, 0.15) is 0 Å². The Morgan fingerprint density at radius 1 is 1.33 bits per heavy atom. The molecule has 1 rings (SSSR count). The maximum Gasteiger partial charge on any atom is 0.0670 e. The number of nitrogens with zero attached hydrogens (tertiary/aromatic N) is 1. The summed E-state index contributed by atoms with van der Waals surface area (Å²) < 4.78 is 0.829. The number of benzene rings is 1. The summed E-state index contributed by atoms with van der Waals surface area (Å²) in [6, 6.07) is 5.47. The second kappa shape index (κ2) is 3.46. The van der Waals surface area contributed by atoms with Crippen molar-refractivity contribution in [3.8, 4) is 6.07 Å². The van der Waals surface area contributed by atoms with Gasteiger partial charge in [-0.05, 0) is 17.7 Å². The molecule has 0 aliphatic heterocycles. The van der Waals surface area contributed by atoms with E-state index in [1.807, 2.05) is 6.07 Å². The van der Waals surface area contributed by atoms with E-state index in [9.17, 15) is 0 Å². The van der Waals surface area contributed by atoms with Crippen molar-refractivity contribution in [2.24, 2.45) is 0 Å². The Morgan fingerprint density at radius 2 is 1.92 bits per heavy atom. The molecule has 0 fully saturated rings. The van der Waals surface area contributed by atoms with Crippen LogP contribution in [0.3, 0.4) is 0 Å². The number of anilines is 2. The number of nitrogens with two attached hydrogens (primary N) is 2. The van der Waals surface area contributed by atoms with Gasteiger partial charge in [0, 0.05) is 4.47 Å². The summed E-state index contributed by atoms with van der Waals surface area (Å²) in [5.74, 6) is 0. The largest absolute Gasteiger partial charge is 0.397 e. The molecule has 0 radical (unpaired) electrons. The van der Waals surface area contributed by atoms with Crippen molar-refractivity contribution in [1.82, 2.24) is 0 Å². The second-order valence-corrected chi connectivity index (χ2v) is 3.26. The van der Waals surface area contributed by atoms with Crippen LogP contribution >= 0.6 is 15.9 Å². The van der Waals surface area contributed by atoms with Crippen molar-refractivity contribution >= 4 is 27.3 Å². The van der Waals surface area contributed by atoms with Crippen LogP contribution in [0, 0.1) is 11.3 Å². The van der Waals surface area contributed by atoms with Gasteiger partial charge in [-0.1, -0.05) is 15.9 Å². The van der Waals surface area contributed by atoms with Crippen LogP contribution in [0.2, 0.25) is 0 Å². The number of hydrogen-bond acceptors (Lipinski definition) is 3. The van der Waals surface area contributed by atoms with Crippen molar-refractivity contribution in [2.75, 3.05) is 11.5 Å². The highest BCUT2D eigenvalue weighted by molar-refractivity contribution is 9.10. The highest BCUT2D eigenvalue weighted by Gasteiger charge is 2.02. The molecule has 0 aromatic heterocycles. The first-order valence-electron chi connectivity index (χ1n) is 3.35. The van der Waals surface area contributed by atoms with Crippen molar-refractivity contribution in [3.05, 3.63) is 22.2 Å². The summed E-state index contributed by atoms with van der Waals surface area (Å²) in [5.41, 5.74) is 13.0. The normalized spacial score (nSPS) is 9.33. The predicted octanol–water partition coefficient (Wildman–Crippen LogP) is 1.68. The van der Waals surface area contributed by atoms with Crippen LogP contribution in [0.25, 0.3) is 0 Å². The molecule has 0 saturated carbocycles. The highest BCUT2D eigenvalue weighted by Crippen LogP contribution is 2.25. The van der Waals surface area contributed by atoms with Gasteiger partial charge in [0.15, 0.2) is 0 Å². The van der Waals surface area contributed by atoms with E-state index in [1.165, 1.54) is 0 Å². The third-order valence-electron chi connectivity index (χ3n) is 1.52. The number of nitriles is 1. The van der Waals surface area contributed by atoms with Gasteiger partial charge >= 0.3 is 0 Å². The Bertz CT molecular complexity index is 341. The average molecular weight is 226 g/mol. The summed E-state index contributed by atoms with van der Waals surface area (Å²) in [4.78, 5) is 0. The first kappa shape index (κ1) is 8.88. The van der Waals surface area contributed by atoms with Crippen LogP contribution in [0.4, 0.5) is 11.4 Å². The first-order chi connectivity index (χ1) is 5.65. The Morgan fingerprint density at radius 3 is 2.50 bits per heavy atom. The van der Waals surface area contributed by atoms with Gasteiger partial charge in [-0.2, -0.15) is 5.26 Å².